The summed E-state index contributed by atoms with van der Waals surface area (Å²) in [5.74, 6) is 0.656. The molecule has 0 aromatic heterocycles. The molecule has 0 fully saturated rings. The lowest BCUT2D eigenvalue weighted by molar-refractivity contribution is -0.130. The minimum absolute atomic E-state index is 0.0991. The summed E-state index contributed by atoms with van der Waals surface area (Å²) in [7, 11) is 0. The Morgan fingerprint density at radius 1 is 1.35 bits per heavy atom. The molecule has 1 heterocycles. The molecule has 170 valence electrons. The van der Waals surface area contributed by atoms with Crippen molar-refractivity contribution in [3.63, 3.8) is 0 Å². The normalized spacial score (nSPS) is 12.6. The van der Waals surface area contributed by atoms with E-state index in [-0.39, 0.29) is 23.8 Å². The first-order chi connectivity index (χ1) is 14.7. The highest BCUT2D eigenvalue weighted by Crippen LogP contribution is 2.32. The van der Waals surface area contributed by atoms with Crippen molar-refractivity contribution in [2.75, 3.05) is 6.54 Å². The van der Waals surface area contributed by atoms with Crippen molar-refractivity contribution >= 4 is 35.1 Å². The zero-order chi connectivity index (χ0) is 23.6. The van der Waals surface area contributed by atoms with E-state index in [9.17, 15) is 9.90 Å². The van der Waals surface area contributed by atoms with E-state index in [0.29, 0.717) is 18.3 Å². The number of rotatable bonds is 8. The first kappa shape index (κ1) is 26.5. The Balaban J connectivity index is 0.00000233. The van der Waals surface area contributed by atoms with Crippen molar-refractivity contribution in [3.8, 4) is 0 Å². The van der Waals surface area contributed by atoms with E-state index in [0.717, 1.165) is 28.1 Å². The number of allylic oxidation sites excluding steroid dienone is 2. The third-order valence-electron chi connectivity index (χ3n) is 4.12. The zero-order valence-electron chi connectivity index (χ0n) is 19.8. The summed E-state index contributed by atoms with van der Waals surface area (Å²) in [5, 5.41) is 15.7. The lowest BCUT2D eigenvalue weighted by Crippen LogP contribution is -2.33. The van der Waals surface area contributed by atoms with Crippen LogP contribution in [0.25, 0.3) is 0 Å². The second-order valence-electron chi connectivity index (χ2n) is 7.76. The number of nitrogens with one attached hydrogen (secondary N) is 1. The van der Waals surface area contributed by atoms with Gasteiger partial charge in [0.25, 0.3) is 0 Å². The van der Waals surface area contributed by atoms with Crippen LogP contribution in [0.1, 0.15) is 59.9 Å². The van der Waals surface area contributed by atoms with E-state index in [1.165, 1.54) is 17.0 Å². The fourth-order valence-corrected chi connectivity index (χ4v) is 3.38. The summed E-state index contributed by atoms with van der Waals surface area (Å²) in [6.07, 6.45) is 2.61. The number of aliphatic hydroxyl groups is 1. The van der Waals surface area contributed by atoms with Crippen molar-refractivity contribution in [2.45, 2.75) is 66.2 Å². The van der Waals surface area contributed by atoms with E-state index in [1.54, 1.807) is 6.08 Å². The molecule has 1 amide bonds. The minimum atomic E-state index is -0.186. The summed E-state index contributed by atoms with van der Waals surface area (Å²) >= 11 is 1.46. The summed E-state index contributed by atoms with van der Waals surface area (Å²) in [6, 6.07) is 6.03. The van der Waals surface area contributed by atoms with E-state index in [4.69, 9.17) is 0 Å². The second-order valence-corrected chi connectivity index (χ2v) is 8.61. The molecule has 1 aliphatic rings. The van der Waals surface area contributed by atoms with Gasteiger partial charge in [-0.15, -0.1) is 0 Å². The molecule has 1 aromatic rings. The Morgan fingerprint density at radius 2 is 2.03 bits per heavy atom. The number of hydrogen-bond acceptors (Lipinski definition) is 6. The van der Waals surface area contributed by atoms with Crippen molar-refractivity contribution in [1.82, 2.24) is 9.73 Å². The Hall–Kier alpha value is -2.54. The molecule has 6 nitrogen and oxygen atoms in total. The predicted octanol–water partition coefficient (Wildman–Crippen LogP) is 6.32. The van der Waals surface area contributed by atoms with Crippen LogP contribution in [0.5, 0.6) is 0 Å². The summed E-state index contributed by atoms with van der Waals surface area (Å²) in [4.78, 5) is 18.6. The van der Waals surface area contributed by atoms with Crippen LogP contribution in [-0.4, -0.2) is 34.1 Å². The highest BCUT2D eigenvalue weighted by molar-refractivity contribution is 7.98. The third-order valence-corrected chi connectivity index (χ3v) is 5.01. The largest absolute Gasteiger partial charge is 0.506 e. The summed E-state index contributed by atoms with van der Waals surface area (Å²) < 4.78 is 3.15. The van der Waals surface area contributed by atoms with Crippen LogP contribution in [-0.2, 0) is 4.79 Å². The van der Waals surface area contributed by atoms with Gasteiger partial charge in [0.1, 0.15) is 17.3 Å². The lowest BCUT2D eigenvalue weighted by atomic mass is 10.1. The van der Waals surface area contributed by atoms with E-state index < -0.39 is 0 Å². The molecule has 2 N–H and O–H groups in total. The highest BCUT2D eigenvalue weighted by atomic mass is 32.2. The van der Waals surface area contributed by atoms with Gasteiger partial charge < -0.3 is 9.83 Å². The van der Waals surface area contributed by atoms with Crippen LogP contribution in [0.3, 0.4) is 0 Å². The van der Waals surface area contributed by atoms with Gasteiger partial charge in [0, 0.05) is 6.54 Å². The Kier molecular flexibility index (Phi) is 11.1. The maximum atomic E-state index is 13.0. The molecule has 31 heavy (non-hydrogen) atoms. The van der Waals surface area contributed by atoms with Gasteiger partial charge in [-0.3, -0.25) is 4.79 Å². The van der Waals surface area contributed by atoms with Gasteiger partial charge in [0.05, 0.1) is 17.0 Å². The molecule has 1 aliphatic heterocycles. The lowest BCUT2D eigenvalue weighted by Gasteiger charge is -2.22. The van der Waals surface area contributed by atoms with Crippen LogP contribution in [0.2, 0.25) is 0 Å². The molecule has 0 spiro atoms. The smallest absolute Gasteiger partial charge is 0.250 e. The van der Waals surface area contributed by atoms with Crippen LogP contribution >= 0.6 is 11.9 Å². The van der Waals surface area contributed by atoms with E-state index in [2.05, 4.69) is 41.3 Å². The fraction of sp³-hybridized carbons (Fsp3) is 0.458. The molecule has 2 rings (SSSR count). The quantitative estimate of drug-likeness (QED) is 0.213. The summed E-state index contributed by atoms with van der Waals surface area (Å²) in [6.45, 7) is 18.0. The monoisotopic (exact) mass is 444 g/mol. The average Bonchev–Trinajstić information content (AvgIpc) is 2.71. The first-order valence-corrected chi connectivity index (χ1v) is 11.5. The van der Waals surface area contributed by atoms with Crippen molar-refractivity contribution < 1.29 is 9.90 Å². The molecule has 0 atom stereocenters. The fourth-order valence-electron chi connectivity index (χ4n) is 2.57. The van der Waals surface area contributed by atoms with Gasteiger partial charge in [-0.05, 0) is 68.8 Å². The molecule has 0 radical (unpaired) electrons. The number of aliphatic hydroxyl groups excluding tert-OH is 1. The number of amidine groups is 1. The summed E-state index contributed by atoms with van der Waals surface area (Å²) in [5.41, 5.74) is 3.26. The molecule has 0 bridgehead atoms. The predicted molar refractivity (Wildman–Crippen MR) is 133 cm³/mol. The van der Waals surface area contributed by atoms with Gasteiger partial charge >= 0.3 is 0 Å². The topological polar surface area (TPSA) is 77.3 Å². The number of nitrogens with zero attached hydrogens (tertiary/aromatic N) is 3. The van der Waals surface area contributed by atoms with Crippen molar-refractivity contribution in [3.05, 3.63) is 47.7 Å². The van der Waals surface area contributed by atoms with Crippen LogP contribution < -0.4 is 4.72 Å². The molecule has 0 saturated heterocycles. The second kappa shape index (κ2) is 13.0. The van der Waals surface area contributed by atoms with Crippen LogP contribution in [0, 0.1) is 12.8 Å². The number of aliphatic imine (C=N–C) groups is 1. The molecular weight excluding hydrogens is 408 g/mol. The molecular formula is C24H36N4O2S. The Labute approximate surface area is 191 Å². The molecule has 7 heteroatoms. The first-order valence-electron chi connectivity index (χ1n) is 10.7. The number of hydrogen-bond donors (Lipinski definition) is 2. The SMILES string of the molecule is C=C(O)/C(C=C(C)C)=N\N(CCC(C)C)C(=O)CC1=Nc2ccc(C)cc2SN1.CC. The van der Waals surface area contributed by atoms with E-state index >= 15 is 0 Å². The molecule has 0 saturated carbocycles. The van der Waals surface area contributed by atoms with Gasteiger partial charge in [-0.2, -0.15) is 5.10 Å². The Morgan fingerprint density at radius 3 is 2.61 bits per heavy atom. The van der Waals surface area contributed by atoms with Gasteiger partial charge in [-0.1, -0.05) is 45.9 Å². The highest BCUT2D eigenvalue weighted by Gasteiger charge is 2.20. The molecule has 0 unspecified atom stereocenters. The number of carbonyl (C=O) groups is 1. The number of carbonyl (C=O) groups excluding carboxylic acids is 1. The van der Waals surface area contributed by atoms with Crippen molar-refractivity contribution in [1.29, 1.82) is 0 Å². The third kappa shape index (κ3) is 9.00. The van der Waals surface area contributed by atoms with Gasteiger partial charge in [-0.25, -0.2) is 10.0 Å². The van der Waals surface area contributed by atoms with Gasteiger partial charge in [0.2, 0.25) is 5.91 Å². The maximum Gasteiger partial charge on any atom is 0.250 e. The number of amides is 1. The molecule has 0 aliphatic carbocycles. The van der Waals surface area contributed by atoms with Crippen LogP contribution in [0.15, 0.2) is 57.2 Å². The maximum absolute atomic E-state index is 13.0. The minimum Gasteiger partial charge on any atom is -0.506 e. The number of aryl methyl sites for hydroxylation is 1. The number of fused-ring (bicyclic) bond motifs is 1. The van der Waals surface area contributed by atoms with E-state index in [1.807, 2.05) is 46.8 Å². The Bertz CT molecular complexity index is 868. The number of benzene rings is 1. The van der Waals surface area contributed by atoms with Gasteiger partial charge in [0.15, 0.2) is 0 Å². The van der Waals surface area contributed by atoms with Crippen molar-refractivity contribution in [2.24, 2.45) is 16.0 Å². The average molecular weight is 445 g/mol. The zero-order valence-corrected chi connectivity index (χ0v) is 20.6. The standard InChI is InChI=1S/C22H30N4O2S.C2H6/c1-14(2)9-10-26(24-19(17(6)27)11-15(3)4)22(28)13-21-23-18-8-7-16(5)12-20(18)29-25-21;1-2/h7-8,11-12,14,27H,6,9-10,13H2,1-5H3,(H,23,25);1-2H3/b24-19-;. The number of hydrazone groups is 1. The van der Waals surface area contributed by atoms with Crippen LogP contribution in [0.4, 0.5) is 5.69 Å². The molecule has 1 aromatic carbocycles.